The molecular weight excluding hydrogens is 314 g/mol. The Bertz CT molecular complexity index is 875. The van der Waals surface area contributed by atoms with Gasteiger partial charge in [-0.1, -0.05) is 42.5 Å². The lowest BCUT2D eigenvalue weighted by Gasteiger charge is -2.35. The van der Waals surface area contributed by atoms with Gasteiger partial charge in [0.25, 0.3) is 0 Å². The minimum Gasteiger partial charge on any atom is -0.419 e. The first-order valence-corrected chi connectivity index (χ1v) is 8.57. The second-order valence-electron chi connectivity index (χ2n) is 6.43. The van der Waals surface area contributed by atoms with Gasteiger partial charge in [0.2, 0.25) is 11.8 Å². The van der Waals surface area contributed by atoms with Crippen molar-refractivity contribution in [3.63, 3.8) is 0 Å². The molecule has 25 heavy (non-hydrogen) atoms. The molecule has 1 atom stereocenters. The summed E-state index contributed by atoms with van der Waals surface area (Å²) in [6.45, 7) is 3.52. The minimum absolute atomic E-state index is 0.0289. The van der Waals surface area contributed by atoms with Gasteiger partial charge in [-0.05, 0) is 36.1 Å². The molecule has 0 bridgehead atoms. The molecule has 0 spiro atoms. The second kappa shape index (κ2) is 6.78. The summed E-state index contributed by atoms with van der Waals surface area (Å²) in [5.41, 5.74) is 4.57. The molecule has 3 aromatic rings. The van der Waals surface area contributed by atoms with E-state index in [1.54, 1.807) is 0 Å². The molecule has 1 aliphatic rings. The second-order valence-corrected chi connectivity index (χ2v) is 6.43. The third kappa shape index (κ3) is 3.08. The molecule has 0 fully saturated rings. The molecular formula is C20H21N3O2. The van der Waals surface area contributed by atoms with Gasteiger partial charge in [0.15, 0.2) is 0 Å². The molecule has 5 nitrogen and oxygen atoms in total. The fraction of sp³-hybridized carbons (Fsp3) is 0.300. The highest BCUT2D eigenvalue weighted by atomic mass is 16.4. The van der Waals surface area contributed by atoms with Crippen LogP contribution in [-0.2, 0) is 13.0 Å². The number of aromatic nitrogens is 2. The van der Waals surface area contributed by atoms with Crippen LogP contribution in [0.3, 0.4) is 0 Å². The highest BCUT2D eigenvalue weighted by Gasteiger charge is 2.28. The van der Waals surface area contributed by atoms with Crippen molar-refractivity contribution in [2.45, 2.75) is 25.9 Å². The number of nitrogens with zero attached hydrogens (tertiary/aromatic N) is 3. The smallest absolute Gasteiger partial charge is 0.248 e. The van der Waals surface area contributed by atoms with Gasteiger partial charge >= 0.3 is 0 Å². The number of hydrogen-bond donors (Lipinski definition) is 1. The largest absolute Gasteiger partial charge is 0.419 e. The number of rotatable bonds is 4. The summed E-state index contributed by atoms with van der Waals surface area (Å²) >= 11 is 0. The number of benzene rings is 2. The van der Waals surface area contributed by atoms with Crippen molar-refractivity contribution < 1.29 is 9.52 Å². The fourth-order valence-electron chi connectivity index (χ4n) is 3.52. The minimum atomic E-state index is -0.0289. The Morgan fingerprint density at radius 2 is 1.92 bits per heavy atom. The maximum absolute atomic E-state index is 9.90. The van der Waals surface area contributed by atoms with E-state index < -0.39 is 0 Å². The third-order valence-electron chi connectivity index (χ3n) is 4.88. The Hall–Kier alpha value is -2.50. The maximum Gasteiger partial charge on any atom is 0.248 e. The molecule has 0 saturated carbocycles. The van der Waals surface area contributed by atoms with E-state index in [1.807, 2.05) is 37.3 Å². The predicted molar refractivity (Wildman–Crippen MR) is 94.9 cm³/mol. The van der Waals surface area contributed by atoms with E-state index in [9.17, 15) is 5.11 Å². The molecule has 0 radical (unpaired) electrons. The van der Waals surface area contributed by atoms with Gasteiger partial charge in [0, 0.05) is 12.1 Å². The number of hydrogen-bond acceptors (Lipinski definition) is 5. The lowest BCUT2D eigenvalue weighted by Crippen LogP contribution is -2.36. The van der Waals surface area contributed by atoms with Gasteiger partial charge in [0.05, 0.1) is 19.2 Å². The van der Waals surface area contributed by atoms with E-state index in [1.165, 1.54) is 11.1 Å². The van der Waals surface area contributed by atoms with Crippen LogP contribution in [-0.4, -0.2) is 33.4 Å². The summed E-state index contributed by atoms with van der Waals surface area (Å²) in [6, 6.07) is 16.3. The molecule has 0 saturated heterocycles. The van der Waals surface area contributed by atoms with Gasteiger partial charge in [-0.15, -0.1) is 10.2 Å². The van der Waals surface area contributed by atoms with Crippen LogP contribution in [0.15, 0.2) is 52.9 Å². The first-order chi connectivity index (χ1) is 12.3. The van der Waals surface area contributed by atoms with E-state index in [-0.39, 0.29) is 12.6 Å². The van der Waals surface area contributed by atoms with E-state index in [4.69, 9.17) is 4.42 Å². The van der Waals surface area contributed by atoms with E-state index in [0.717, 1.165) is 24.1 Å². The summed E-state index contributed by atoms with van der Waals surface area (Å²) in [5, 5.41) is 18.3. The zero-order chi connectivity index (χ0) is 17.2. The van der Waals surface area contributed by atoms with Gasteiger partial charge in [-0.2, -0.15) is 0 Å². The third-order valence-corrected chi connectivity index (χ3v) is 4.88. The van der Waals surface area contributed by atoms with Crippen LogP contribution in [0.4, 0.5) is 0 Å². The maximum atomic E-state index is 9.90. The lowest BCUT2D eigenvalue weighted by atomic mass is 9.93. The molecule has 1 aliphatic heterocycles. The molecule has 0 aliphatic carbocycles. The van der Waals surface area contributed by atoms with Gasteiger partial charge in [-0.3, -0.25) is 4.90 Å². The van der Waals surface area contributed by atoms with Crippen molar-refractivity contribution in [2.24, 2.45) is 0 Å². The molecule has 128 valence electrons. The molecule has 0 amide bonds. The first-order valence-electron chi connectivity index (χ1n) is 8.57. The molecule has 1 N–H and O–H groups in total. The average molecular weight is 335 g/mol. The molecule has 2 heterocycles. The Morgan fingerprint density at radius 1 is 1.12 bits per heavy atom. The Kier molecular flexibility index (Phi) is 4.34. The van der Waals surface area contributed by atoms with Crippen LogP contribution in [0, 0.1) is 6.92 Å². The van der Waals surface area contributed by atoms with Gasteiger partial charge < -0.3 is 9.52 Å². The summed E-state index contributed by atoms with van der Waals surface area (Å²) < 4.78 is 5.89. The van der Waals surface area contributed by atoms with Crippen molar-refractivity contribution in [3.8, 4) is 11.5 Å². The van der Waals surface area contributed by atoms with Crippen LogP contribution in [0.1, 0.15) is 28.6 Å². The van der Waals surface area contributed by atoms with E-state index in [2.05, 4.69) is 33.3 Å². The predicted octanol–water partition coefficient (Wildman–Crippen LogP) is 3.14. The molecule has 5 heteroatoms. The Morgan fingerprint density at radius 3 is 2.76 bits per heavy atom. The molecule has 1 unspecified atom stereocenters. The van der Waals surface area contributed by atoms with Crippen molar-refractivity contribution in [3.05, 3.63) is 71.1 Å². The van der Waals surface area contributed by atoms with Crippen molar-refractivity contribution in [1.29, 1.82) is 0 Å². The van der Waals surface area contributed by atoms with Crippen LogP contribution in [0.25, 0.3) is 11.5 Å². The monoisotopic (exact) mass is 335 g/mol. The summed E-state index contributed by atoms with van der Waals surface area (Å²) in [4.78, 5) is 2.21. The fourth-order valence-corrected chi connectivity index (χ4v) is 3.52. The zero-order valence-electron chi connectivity index (χ0n) is 14.2. The highest BCUT2D eigenvalue weighted by molar-refractivity contribution is 5.57. The normalized spacial score (nSPS) is 17.4. The van der Waals surface area contributed by atoms with Crippen molar-refractivity contribution >= 4 is 0 Å². The summed E-state index contributed by atoms with van der Waals surface area (Å²) in [5.74, 6) is 1.13. The van der Waals surface area contributed by atoms with Gasteiger partial charge in [0.1, 0.15) is 0 Å². The van der Waals surface area contributed by atoms with Crippen LogP contribution < -0.4 is 0 Å². The van der Waals surface area contributed by atoms with Gasteiger partial charge in [-0.25, -0.2) is 0 Å². The standard InChI is InChI=1S/C20H21N3O2/c1-14-6-2-4-8-16(14)20-22-21-19(25-20)12-23-11-10-15-7-3-5-9-17(15)18(23)13-24/h2-9,18,24H,10-13H2,1H3. The van der Waals surface area contributed by atoms with Crippen molar-refractivity contribution in [2.75, 3.05) is 13.2 Å². The quantitative estimate of drug-likeness (QED) is 0.794. The van der Waals surface area contributed by atoms with Crippen molar-refractivity contribution in [1.82, 2.24) is 15.1 Å². The SMILES string of the molecule is Cc1ccccc1-c1nnc(CN2CCc3ccccc3C2CO)o1. The molecule has 4 rings (SSSR count). The topological polar surface area (TPSA) is 62.4 Å². The Balaban J connectivity index is 1.56. The Labute approximate surface area is 146 Å². The molecule has 2 aromatic carbocycles. The van der Waals surface area contributed by atoms with Crippen LogP contribution >= 0.6 is 0 Å². The number of fused-ring (bicyclic) bond motifs is 1. The van der Waals surface area contributed by atoms with E-state index >= 15 is 0 Å². The lowest BCUT2D eigenvalue weighted by molar-refractivity contribution is 0.0997. The first kappa shape index (κ1) is 16.0. The highest BCUT2D eigenvalue weighted by Crippen LogP contribution is 2.31. The number of aryl methyl sites for hydroxylation is 1. The van der Waals surface area contributed by atoms with E-state index in [0.29, 0.717) is 18.3 Å². The number of aliphatic hydroxyl groups is 1. The summed E-state index contributed by atoms with van der Waals surface area (Å²) in [7, 11) is 0. The number of aliphatic hydroxyl groups excluding tert-OH is 1. The van der Waals surface area contributed by atoms with Crippen LogP contribution in [0.5, 0.6) is 0 Å². The average Bonchev–Trinajstić information content (AvgIpc) is 3.10. The zero-order valence-corrected chi connectivity index (χ0v) is 14.2. The molecule has 1 aromatic heterocycles. The van der Waals surface area contributed by atoms with Crippen LogP contribution in [0.2, 0.25) is 0 Å². The summed E-state index contributed by atoms with van der Waals surface area (Å²) in [6.07, 6.45) is 0.964.